The minimum Gasteiger partial charge on any atom is -0.462 e. The summed E-state index contributed by atoms with van der Waals surface area (Å²) in [6, 6.07) is 0. The molecule has 0 aliphatic carbocycles. The number of ether oxygens (including phenoxy) is 7. The molecule has 0 spiro atoms. The summed E-state index contributed by atoms with van der Waals surface area (Å²) < 4.78 is 35.5. The van der Waals surface area contributed by atoms with Gasteiger partial charge in [-0.3, -0.25) is 0 Å². The van der Waals surface area contributed by atoms with Gasteiger partial charge in [-0.15, -0.1) is 0 Å². The maximum Gasteiger partial charge on any atom is 0.333 e. The van der Waals surface area contributed by atoms with Crippen LogP contribution in [0.3, 0.4) is 0 Å². The molecule has 150 heavy (non-hydrogen) atoms. The van der Waals surface area contributed by atoms with Gasteiger partial charge in [0.2, 0.25) is 0 Å². The normalized spacial score (nSPS) is 10.6. The monoisotopic (exact) mass is 2120 g/mol. The van der Waals surface area contributed by atoms with Crippen molar-refractivity contribution in [2.45, 2.75) is 700 Å². The predicted octanol–water partition coefficient (Wildman–Crippen LogP) is 44.5. The van der Waals surface area contributed by atoms with Crippen molar-refractivity contribution in [2.75, 3.05) is 46.2 Å². The first-order chi connectivity index (χ1) is 72.8. The molecule has 0 aromatic rings. The van der Waals surface area contributed by atoms with E-state index in [0.29, 0.717) is 85.3 Å². The highest BCUT2D eigenvalue weighted by Crippen LogP contribution is 2.23. The smallest absolute Gasteiger partial charge is 0.333 e. The number of rotatable bonds is 108. The van der Waals surface area contributed by atoms with Gasteiger partial charge in [-0.25, -0.2) is 33.6 Å². The van der Waals surface area contributed by atoms with Crippen LogP contribution in [-0.2, 0) is 66.7 Å². The molecule has 0 aromatic heterocycles. The summed E-state index contributed by atoms with van der Waals surface area (Å²) in [5.41, 5.74) is 3.43. The summed E-state index contributed by atoms with van der Waals surface area (Å²) in [7, 11) is 0. The number of carbonyl (C=O) groups is 7. The van der Waals surface area contributed by atoms with Crippen molar-refractivity contribution in [3.05, 3.63) is 85.1 Å². The maximum atomic E-state index is 11.2. The van der Waals surface area contributed by atoms with Crippen molar-refractivity contribution in [2.24, 2.45) is 0 Å². The molecule has 0 atom stereocenters. The molecule has 0 rings (SSSR count). The van der Waals surface area contributed by atoms with Crippen LogP contribution in [0.4, 0.5) is 0 Å². The first-order valence-corrected chi connectivity index (χ1v) is 64.6. The van der Waals surface area contributed by atoms with Crippen LogP contribution in [0.1, 0.15) is 700 Å². The van der Waals surface area contributed by atoms with E-state index in [0.717, 1.165) is 44.9 Å². The molecule has 0 heterocycles. The molecule has 0 fully saturated rings. The van der Waals surface area contributed by atoms with Gasteiger partial charge in [0, 0.05) is 39.0 Å². The Morgan fingerprint density at radius 2 is 0.160 bits per heavy atom. The molecule has 0 N–H and O–H groups in total. The maximum absolute atomic E-state index is 11.2. The molecular weight excluding hydrogens is 1860 g/mol. The second-order valence-corrected chi connectivity index (χ2v) is 44.2. The van der Waals surface area contributed by atoms with Gasteiger partial charge in [-0.05, 0) is 93.4 Å². The summed E-state index contributed by atoms with van der Waals surface area (Å²) in [5.74, 6) is -1.79. The van der Waals surface area contributed by atoms with Crippen LogP contribution in [0, 0.1) is 0 Å². The van der Waals surface area contributed by atoms with E-state index in [1.165, 1.54) is 559 Å². The molecule has 886 valence electrons. The van der Waals surface area contributed by atoms with Gasteiger partial charge in [-0.1, -0.05) is 653 Å². The third kappa shape index (κ3) is 151. The van der Waals surface area contributed by atoms with Crippen molar-refractivity contribution in [3.8, 4) is 0 Å². The van der Waals surface area contributed by atoms with Crippen LogP contribution < -0.4 is 0 Å². The summed E-state index contributed by atoms with van der Waals surface area (Å²) in [5, 5.41) is 0. The van der Waals surface area contributed by atoms with Crippen LogP contribution in [0.2, 0.25) is 0 Å². The second-order valence-electron chi connectivity index (χ2n) is 44.2. The lowest BCUT2D eigenvalue weighted by Gasteiger charge is -2.05. The van der Waals surface area contributed by atoms with Crippen LogP contribution >= 0.6 is 0 Å². The summed E-state index contributed by atoms with van der Waals surface area (Å²) in [6.07, 6.45) is 126. The standard InChI is InChI=1S/C24H46O2.C22H42O2.C20H38O2.C19H36O2.C18H34O2.C17H32O2.C16H30O2/c1-4-5-6-7-8-9-10-11-12-13-14-15-16-17-18-19-20-21-22-26-24(25)23(2)3;1-4-5-6-7-8-9-10-11-12-13-14-15-16-17-18-19-20-24-22(23)21(2)3;1-4-5-6-7-8-9-10-11-12-13-14-15-16-17-18-22-20(21)19(2)3;1-4-5-6-7-8-9-10-11-12-13-14-15-16-17-21-19(20)18(2)3;1-4-5-6-7-8-9-10-11-12-13-14-15-16-20-18(19)17(2)3;1-4-5-6-7-8-9-10-11-12-13-14-15-19-17(18)16(2)3;1-4-5-6-7-8-9-10-11-12-13-14-18-16(17)15(2)3/h2,4-22H2,1,3H3;2,4-20H2,1,3H3;2,4-18H2,1,3H3;2,4-17H2,1,3H3;2,4-16H2,1,3H3;2,4-15H2,1,3H3;2,4-14H2,1,3H3. The SMILES string of the molecule is C=C(C)C(=O)OCCCCCCCCCCCC.C=C(C)C(=O)OCCCCCCCCCCCCC.C=C(C)C(=O)OCCCCCCCCCCCCCC.C=C(C)C(=O)OCCCCCCCCCCCCCCC.C=C(C)C(=O)OCCCCCCCCCCCCCCCC.C=C(C)C(=O)OCCCCCCCCCCCCCCCCCC.C=C(C)C(=O)OCCCCCCCCCCCCCCCCCCCC. The highest BCUT2D eigenvalue weighted by Gasteiger charge is 2.11. The highest BCUT2D eigenvalue weighted by atomic mass is 16.6. The fourth-order valence-corrected chi connectivity index (χ4v) is 17.4. The van der Waals surface area contributed by atoms with E-state index < -0.39 is 0 Å². The van der Waals surface area contributed by atoms with Crippen LogP contribution in [0.15, 0.2) is 85.1 Å². The molecule has 0 aliphatic heterocycles. The summed E-state index contributed by atoms with van der Waals surface area (Å²) >= 11 is 0. The minimum absolute atomic E-state index is 0.253. The van der Waals surface area contributed by atoms with Gasteiger partial charge in [0.25, 0.3) is 0 Å². The minimum atomic E-state index is -0.258. The Bertz CT molecular complexity index is 2920. The molecule has 14 heteroatoms. The topological polar surface area (TPSA) is 184 Å². The van der Waals surface area contributed by atoms with Gasteiger partial charge in [0.1, 0.15) is 0 Å². The molecule has 0 aliphatic rings. The molecule has 14 nitrogen and oxygen atoms in total. The molecule has 0 bridgehead atoms. The zero-order valence-electron chi connectivity index (χ0n) is 103. The van der Waals surface area contributed by atoms with E-state index in [9.17, 15) is 33.6 Å². The third-order valence-electron chi connectivity index (χ3n) is 27.6. The molecular formula is C136H258O14. The third-order valence-corrected chi connectivity index (χ3v) is 27.6. The van der Waals surface area contributed by atoms with Crippen LogP contribution in [0.25, 0.3) is 0 Å². The lowest BCUT2D eigenvalue weighted by Crippen LogP contribution is -2.05. The molecule has 0 aromatic carbocycles. The molecule has 0 saturated carbocycles. The Kier molecular flexibility index (Phi) is 146. The Morgan fingerprint density at radius 3 is 0.213 bits per heavy atom. The molecule has 0 saturated heterocycles. The van der Waals surface area contributed by atoms with Crippen molar-refractivity contribution in [3.63, 3.8) is 0 Å². The average molecular weight is 2120 g/mol. The molecule has 0 unspecified atom stereocenters. The van der Waals surface area contributed by atoms with E-state index >= 15 is 0 Å². The van der Waals surface area contributed by atoms with Gasteiger partial charge in [0.05, 0.1) is 46.2 Å². The van der Waals surface area contributed by atoms with Crippen molar-refractivity contribution in [1.82, 2.24) is 0 Å². The quantitative estimate of drug-likeness (QED) is 0.0242. The van der Waals surface area contributed by atoms with E-state index in [1.807, 2.05) is 0 Å². The van der Waals surface area contributed by atoms with Crippen molar-refractivity contribution in [1.29, 1.82) is 0 Å². The fraction of sp³-hybridized carbons (Fsp3) is 0.846. The number of carbonyl (C=O) groups excluding carboxylic acids is 7. The predicted molar refractivity (Wildman–Crippen MR) is 654 cm³/mol. The first-order valence-electron chi connectivity index (χ1n) is 64.6. The second kappa shape index (κ2) is 140. The van der Waals surface area contributed by atoms with E-state index in [4.69, 9.17) is 33.2 Å². The zero-order valence-corrected chi connectivity index (χ0v) is 103. The Balaban J connectivity index is -0.000000319. The largest absolute Gasteiger partial charge is 0.462 e. The highest BCUT2D eigenvalue weighted by molar-refractivity contribution is 5.89. The van der Waals surface area contributed by atoms with E-state index in [2.05, 4.69) is 94.5 Å². The van der Waals surface area contributed by atoms with Gasteiger partial charge < -0.3 is 33.2 Å². The van der Waals surface area contributed by atoms with E-state index in [1.54, 1.807) is 48.5 Å². The average Bonchev–Trinajstić information content (AvgIpc) is 1.04. The summed E-state index contributed by atoms with van der Waals surface area (Å²) in [6.45, 7) is 56.5. The Morgan fingerprint density at radius 1 is 0.107 bits per heavy atom. The zero-order chi connectivity index (χ0) is 112. The number of hydrogen-bond acceptors (Lipinski definition) is 14. The van der Waals surface area contributed by atoms with Gasteiger partial charge >= 0.3 is 41.8 Å². The number of hydrogen-bond donors (Lipinski definition) is 0. The van der Waals surface area contributed by atoms with Gasteiger partial charge in [0.15, 0.2) is 0 Å². The number of unbranched alkanes of at least 4 members (excludes halogenated alkanes) is 87. The lowest BCUT2D eigenvalue weighted by atomic mass is 10.0. The number of esters is 7. The fourth-order valence-electron chi connectivity index (χ4n) is 17.4. The first kappa shape index (κ1) is 157. The van der Waals surface area contributed by atoms with E-state index in [-0.39, 0.29) is 41.8 Å². The van der Waals surface area contributed by atoms with Crippen molar-refractivity contribution < 1.29 is 66.7 Å². The summed E-state index contributed by atoms with van der Waals surface area (Å²) in [4.78, 5) is 78.0. The van der Waals surface area contributed by atoms with Crippen molar-refractivity contribution >= 4 is 41.8 Å². The van der Waals surface area contributed by atoms with Crippen LogP contribution in [-0.4, -0.2) is 88.0 Å². The molecule has 0 amide bonds. The van der Waals surface area contributed by atoms with Crippen LogP contribution in [0.5, 0.6) is 0 Å². The Labute approximate surface area is 934 Å². The molecule has 0 radical (unpaired) electrons. The van der Waals surface area contributed by atoms with Gasteiger partial charge in [-0.2, -0.15) is 0 Å². The lowest BCUT2D eigenvalue weighted by molar-refractivity contribution is -0.139. The Hall–Kier alpha value is -5.53.